The summed E-state index contributed by atoms with van der Waals surface area (Å²) >= 11 is 0. The highest BCUT2D eigenvalue weighted by molar-refractivity contribution is 5.77. The molecule has 2 aromatic carbocycles. The lowest BCUT2D eigenvalue weighted by atomic mass is 10.2. The monoisotopic (exact) mass is 328 g/mol. The fraction of sp³-hybridized carbons (Fsp3) is 0.316. The fourth-order valence-electron chi connectivity index (χ4n) is 2.35. The van der Waals surface area contributed by atoms with Crippen LogP contribution in [0.5, 0.6) is 11.5 Å². The van der Waals surface area contributed by atoms with Gasteiger partial charge in [-0.2, -0.15) is 0 Å². The number of nitrogens with zero attached hydrogens (tertiary/aromatic N) is 1. The van der Waals surface area contributed by atoms with Gasteiger partial charge in [-0.1, -0.05) is 42.5 Å². The van der Waals surface area contributed by atoms with Crippen molar-refractivity contribution in [3.8, 4) is 11.5 Å². The molecule has 0 fully saturated rings. The summed E-state index contributed by atoms with van der Waals surface area (Å²) in [5.74, 6) is 1.10. The second-order valence-corrected chi connectivity index (χ2v) is 5.38. The van der Waals surface area contributed by atoms with Crippen molar-refractivity contribution in [2.24, 2.45) is 5.73 Å². The van der Waals surface area contributed by atoms with Gasteiger partial charge in [0.25, 0.3) is 5.91 Å². The Morgan fingerprint density at radius 3 is 2.38 bits per heavy atom. The van der Waals surface area contributed by atoms with Gasteiger partial charge in [0.2, 0.25) is 0 Å². The maximum Gasteiger partial charge on any atom is 0.260 e. The van der Waals surface area contributed by atoms with Gasteiger partial charge in [0.1, 0.15) is 0 Å². The normalized spacial score (nSPS) is 10.2. The molecule has 0 aliphatic rings. The van der Waals surface area contributed by atoms with Crippen molar-refractivity contribution < 1.29 is 14.3 Å². The molecule has 5 heteroatoms. The highest BCUT2D eigenvalue weighted by Crippen LogP contribution is 2.25. The molecule has 0 unspecified atom stereocenters. The molecule has 0 radical (unpaired) electrons. The molecule has 2 aromatic rings. The summed E-state index contributed by atoms with van der Waals surface area (Å²) in [6.45, 7) is 1.68. The average molecular weight is 328 g/mol. The van der Waals surface area contributed by atoms with Gasteiger partial charge in [0.15, 0.2) is 18.1 Å². The number of para-hydroxylation sites is 2. The molecular weight excluding hydrogens is 304 g/mol. The van der Waals surface area contributed by atoms with Gasteiger partial charge in [-0.05, 0) is 30.7 Å². The summed E-state index contributed by atoms with van der Waals surface area (Å²) in [6.07, 6.45) is 0.757. The van der Waals surface area contributed by atoms with Crippen LogP contribution >= 0.6 is 0 Å². The van der Waals surface area contributed by atoms with Crippen LogP contribution in [0.2, 0.25) is 0 Å². The van der Waals surface area contributed by atoms with Gasteiger partial charge in [-0.15, -0.1) is 0 Å². The Morgan fingerprint density at radius 1 is 1.04 bits per heavy atom. The van der Waals surface area contributed by atoms with Gasteiger partial charge >= 0.3 is 0 Å². The standard InChI is InChI=1S/C19H24N2O3/c1-23-17-10-5-6-11-18(17)24-15-19(22)21(13-7-12-20)14-16-8-3-2-4-9-16/h2-6,8-11H,7,12-15,20H2,1H3. The van der Waals surface area contributed by atoms with Crippen LogP contribution in [0.4, 0.5) is 0 Å². The van der Waals surface area contributed by atoms with Gasteiger partial charge < -0.3 is 20.1 Å². The predicted molar refractivity (Wildman–Crippen MR) is 94.0 cm³/mol. The third-order valence-electron chi connectivity index (χ3n) is 3.62. The largest absolute Gasteiger partial charge is 0.493 e. The minimum absolute atomic E-state index is 0.0300. The van der Waals surface area contributed by atoms with Crippen LogP contribution in [0.25, 0.3) is 0 Å². The quantitative estimate of drug-likeness (QED) is 0.768. The minimum atomic E-state index is -0.0711. The van der Waals surface area contributed by atoms with E-state index in [9.17, 15) is 4.79 Å². The maximum absolute atomic E-state index is 12.5. The predicted octanol–water partition coefficient (Wildman–Crippen LogP) is 2.45. The SMILES string of the molecule is COc1ccccc1OCC(=O)N(CCCN)Cc1ccccc1. The number of hydrogen-bond acceptors (Lipinski definition) is 4. The van der Waals surface area contributed by atoms with E-state index in [1.54, 1.807) is 24.1 Å². The Labute approximate surface area is 143 Å². The third kappa shape index (κ3) is 5.28. The Hall–Kier alpha value is -2.53. The molecule has 2 N–H and O–H groups in total. The summed E-state index contributed by atoms with van der Waals surface area (Å²) < 4.78 is 10.9. The van der Waals surface area contributed by atoms with Gasteiger partial charge in [0.05, 0.1) is 7.11 Å². The van der Waals surface area contributed by atoms with E-state index in [1.807, 2.05) is 42.5 Å². The Bertz CT molecular complexity index is 632. The summed E-state index contributed by atoms with van der Waals surface area (Å²) in [5, 5.41) is 0. The molecule has 0 heterocycles. The second-order valence-electron chi connectivity index (χ2n) is 5.38. The molecule has 2 rings (SSSR count). The van der Waals surface area contributed by atoms with Crippen molar-refractivity contribution in [3.05, 3.63) is 60.2 Å². The highest BCUT2D eigenvalue weighted by atomic mass is 16.5. The van der Waals surface area contributed by atoms with Crippen LogP contribution in [0.1, 0.15) is 12.0 Å². The number of amides is 1. The molecule has 0 aromatic heterocycles. The van der Waals surface area contributed by atoms with Gasteiger partial charge in [-0.25, -0.2) is 0 Å². The smallest absolute Gasteiger partial charge is 0.260 e. The Balaban J connectivity index is 1.99. The lowest BCUT2D eigenvalue weighted by Crippen LogP contribution is -2.36. The van der Waals surface area contributed by atoms with Gasteiger partial charge in [0, 0.05) is 13.1 Å². The van der Waals surface area contributed by atoms with Crippen molar-refractivity contribution in [3.63, 3.8) is 0 Å². The van der Waals surface area contributed by atoms with Crippen LogP contribution in [0.15, 0.2) is 54.6 Å². The minimum Gasteiger partial charge on any atom is -0.493 e. The molecule has 0 aliphatic heterocycles. The number of nitrogens with two attached hydrogens (primary N) is 1. The van der Waals surface area contributed by atoms with E-state index in [1.165, 1.54) is 0 Å². The first kappa shape index (κ1) is 17.8. The molecular formula is C19H24N2O3. The van der Waals surface area contributed by atoms with Crippen molar-refractivity contribution in [1.82, 2.24) is 4.90 Å². The van der Waals surface area contributed by atoms with Crippen molar-refractivity contribution in [2.75, 3.05) is 26.8 Å². The number of hydrogen-bond donors (Lipinski definition) is 1. The van der Waals surface area contributed by atoms with Crippen LogP contribution in [-0.2, 0) is 11.3 Å². The first-order chi connectivity index (χ1) is 11.7. The first-order valence-corrected chi connectivity index (χ1v) is 8.02. The van der Waals surface area contributed by atoms with Crippen LogP contribution in [0.3, 0.4) is 0 Å². The number of rotatable bonds is 9. The van der Waals surface area contributed by atoms with E-state index in [-0.39, 0.29) is 12.5 Å². The van der Waals surface area contributed by atoms with E-state index >= 15 is 0 Å². The summed E-state index contributed by atoms with van der Waals surface area (Å²) in [5.41, 5.74) is 6.67. The Kier molecular flexibility index (Phi) is 7.11. The van der Waals surface area contributed by atoms with E-state index in [2.05, 4.69) is 0 Å². The third-order valence-corrected chi connectivity index (χ3v) is 3.62. The highest BCUT2D eigenvalue weighted by Gasteiger charge is 2.15. The zero-order valence-electron chi connectivity index (χ0n) is 14.0. The first-order valence-electron chi connectivity index (χ1n) is 8.02. The number of carbonyl (C=O) groups is 1. The molecule has 0 saturated carbocycles. The van der Waals surface area contributed by atoms with Gasteiger partial charge in [-0.3, -0.25) is 4.79 Å². The number of methoxy groups -OCH3 is 1. The molecule has 0 aliphatic carbocycles. The van der Waals surface area contributed by atoms with Crippen molar-refractivity contribution in [2.45, 2.75) is 13.0 Å². The maximum atomic E-state index is 12.5. The van der Waals surface area contributed by atoms with E-state index in [4.69, 9.17) is 15.2 Å². The molecule has 1 amide bonds. The lowest BCUT2D eigenvalue weighted by Gasteiger charge is -2.23. The second kappa shape index (κ2) is 9.57. The van der Waals surface area contributed by atoms with E-state index < -0.39 is 0 Å². The zero-order chi connectivity index (χ0) is 17.2. The lowest BCUT2D eigenvalue weighted by molar-refractivity contribution is -0.134. The number of benzene rings is 2. The molecule has 0 bridgehead atoms. The molecule has 24 heavy (non-hydrogen) atoms. The molecule has 0 saturated heterocycles. The van der Waals surface area contributed by atoms with Crippen LogP contribution in [-0.4, -0.2) is 37.6 Å². The van der Waals surface area contributed by atoms with Crippen LogP contribution in [0, 0.1) is 0 Å². The molecule has 5 nitrogen and oxygen atoms in total. The number of ether oxygens (including phenoxy) is 2. The summed E-state index contributed by atoms with van der Waals surface area (Å²) in [7, 11) is 1.58. The van der Waals surface area contributed by atoms with E-state index in [0.29, 0.717) is 31.1 Å². The van der Waals surface area contributed by atoms with Crippen molar-refractivity contribution in [1.29, 1.82) is 0 Å². The Morgan fingerprint density at radius 2 is 1.71 bits per heavy atom. The zero-order valence-corrected chi connectivity index (χ0v) is 14.0. The fourth-order valence-corrected chi connectivity index (χ4v) is 2.35. The number of carbonyl (C=O) groups excluding carboxylic acids is 1. The van der Waals surface area contributed by atoms with Crippen LogP contribution < -0.4 is 15.2 Å². The van der Waals surface area contributed by atoms with E-state index in [0.717, 1.165) is 12.0 Å². The summed E-state index contributed by atoms with van der Waals surface area (Å²) in [6, 6.07) is 17.2. The molecule has 0 spiro atoms. The van der Waals surface area contributed by atoms with Crippen molar-refractivity contribution >= 4 is 5.91 Å². The molecule has 128 valence electrons. The molecule has 0 atom stereocenters. The summed E-state index contributed by atoms with van der Waals surface area (Å²) in [4.78, 5) is 14.3. The topological polar surface area (TPSA) is 64.8 Å². The average Bonchev–Trinajstić information content (AvgIpc) is 2.64.